The number of methoxy groups -OCH3 is 1. The molecule has 2 nitrogen and oxygen atoms in total. The van der Waals surface area contributed by atoms with E-state index in [1.807, 2.05) is 7.11 Å². The summed E-state index contributed by atoms with van der Waals surface area (Å²) in [5, 5.41) is 0. The number of likely N-dealkylation sites (tertiary alicyclic amines) is 1. The first-order valence-electron chi connectivity index (χ1n) is 4.04. The van der Waals surface area contributed by atoms with E-state index in [9.17, 15) is 0 Å². The van der Waals surface area contributed by atoms with E-state index in [0.717, 1.165) is 6.04 Å². The summed E-state index contributed by atoms with van der Waals surface area (Å²) in [7, 11) is 4.03. The fraction of sp³-hybridized carbons (Fsp3) is 1.00. The van der Waals surface area contributed by atoms with Gasteiger partial charge >= 0.3 is 0 Å². The van der Waals surface area contributed by atoms with E-state index in [4.69, 9.17) is 4.74 Å². The van der Waals surface area contributed by atoms with Crippen molar-refractivity contribution in [3.63, 3.8) is 0 Å². The van der Waals surface area contributed by atoms with Crippen LogP contribution in [0.5, 0.6) is 0 Å². The molecule has 0 bridgehead atoms. The van der Waals surface area contributed by atoms with Crippen LogP contribution >= 0.6 is 0 Å². The Morgan fingerprint density at radius 2 is 2.20 bits per heavy atom. The normalized spacial score (nSPS) is 37.2. The lowest BCUT2D eigenvalue weighted by molar-refractivity contribution is -0.0420. The Hall–Kier alpha value is -0.0800. The zero-order chi connectivity index (χ0) is 7.19. The Morgan fingerprint density at radius 3 is 2.30 bits per heavy atom. The monoisotopic (exact) mass is 141 g/mol. The topological polar surface area (TPSA) is 12.5 Å². The van der Waals surface area contributed by atoms with Crippen LogP contribution in [-0.4, -0.2) is 37.2 Å². The van der Waals surface area contributed by atoms with Crippen molar-refractivity contribution in [2.45, 2.75) is 30.9 Å². The minimum atomic E-state index is 0.285. The summed E-state index contributed by atoms with van der Waals surface area (Å²) >= 11 is 0. The first-order chi connectivity index (χ1) is 4.78. The molecular formula is C8H15NO. The highest BCUT2D eigenvalue weighted by molar-refractivity contribution is 5.08. The highest BCUT2D eigenvalue weighted by atomic mass is 16.5. The quantitative estimate of drug-likeness (QED) is 0.565. The average Bonchev–Trinajstić information content (AvgIpc) is 2.67. The summed E-state index contributed by atoms with van der Waals surface area (Å²) in [6.45, 7) is 1.26. The average molecular weight is 141 g/mol. The van der Waals surface area contributed by atoms with Crippen LogP contribution in [0.25, 0.3) is 0 Å². The van der Waals surface area contributed by atoms with E-state index < -0.39 is 0 Å². The fourth-order valence-corrected chi connectivity index (χ4v) is 1.98. The minimum Gasteiger partial charge on any atom is -0.377 e. The van der Waals surface area contributed by atoms with E-state index in [1.165, 1.54) is 25.8 Å². The van der Waals surface area contributed by atoms with E-state index in [0.29, 0.717) is 0 Å². The molecule has 2 fully saturated rings. The molecule has 1 atom stereocenters. The van der Waals surface area contributed by atoms with Gasteiger partial charge in [0.05, 0.1) is 5.60 Å². The Kier molecular flexibility index (Phi) is 1.29. The van der Waals surface area contributed by atoms with Crippen molar-refractivity contribution in [2.24, 2.45) is 0 Å². The Bertz CT molecular complexity index is 142. The lowest BCUT2D eigenvalue weighted by Gasteiger charge is -2.42. The van der Waals surface area contributed by atoms with Gasteiger partial charge in [-0.05, 0) is 32.9 Å². The van der Waals surface area contributed by atoms with Gasteiger partial charge in [0.15, 0.2) is 0 Å². The molecule has 1 saturated heterocycles. The summed E-state index contributed by atoms with van der Waals surface area (Å²) in [6.07, 6.45) is 3.89. The first-order valence-corrected chi connectivity index (χ1v) is 4.04. The van der Waals surface area contributed by atoms with Gasteiger partial charge in [-0.15, -0.1) is 0 Å². The molecule has 1 aliphatic heterocycles. The van der Waals surface area contributed by atoms with Crippen molar-refractivity contribution in [3.8, 4) is 0 Å². The van der Waals surface area contributed by atoms with E-state index in [1.54, 1.807) is 0 Å². The minimum absolute atomic E-state index is 0.285. The zero-order valence-corrected chi connectivity index (χ0v) is 6.76. The number of rotatable bonds is 2. The highest BCUT2D eigenvalue weighted by Crippen LogP contribution is 2.47. The van der Waals surface area contributed by atoms with Crippen LogP contribution < -0.4 is 0 Å². The Balaban J connectivity index is 1.98. The molecule has 0 N–H and O–H groups in total. The molecule has 0 spiro atoms. The van der Waals surface area contributed by atoms with Gasteiger partial charge in [-0.1, -0.05) is 0 Å². The van der Waals surface area contributed by atoms with Crippen molar-refractivity contribution >= 4 is 0 Å². The molecule has 0 radical (unpaired) electrons. The molecule has 2 heteroatoms. The molecule has 10 heavy (non-hydrogen) atoms. The zero-order valence-electron chi connectivity index (χ0n) is 6.76. The second-order valence-electron chi connectivity index (χ2n) is 3.55. The van der Waals surface area contributed by atoms with Crippen molar-refractivity contribution in [1.29, 1.82) is 0 Å². The number of hydrogen-bond donors (Lipinski definition) is 0. The second kappa shape index (κ2) is 1.95. The maximum Gasteiger partial charge on any atom is 0.0835 e. The van der Waals surface area contributed by atoms with Crippen LogP contribution in [0.1, 0.15) is 19.3 Å². The van der Waals surface area contributed by atoms with Crippen LogP contribution in [0.2, 0.25) is 0 Å². The lowest BCUT2D eigenvalue weighted by Crippen LogP contribution is -2.53. The Morgan fingerprint density at radius 1 is 1.50 bits per heavy atom. The summed E-state index contributed by atoms with van der Waals surface area (Å²) in [4.78, 5) is 2.40. The molecule has 1 saturated carbocycles. The van der Waals surface area contributed by atoms with Gasteiger partial charge < -0.3 is 9.64 Å². The Labute approximate surface area is 62.2 Å². The number of likely N-dealkylation sites (N-methyl/N-ethyl adjacent to an activating group) is 1. The summed E-state index contributed by atoms with van der Waals surface area (Å²) in [6, 6.07) is 0.734. The molecule has 0 amide bonds. The van der Waals surface area contributed by atoms with Crippen molar-refractivity contribution < 1.29 is 4.74 Å². The molecule has 2 aliphatic rings. The highest BCUT2D eigenvalue weighted by Gasteiger charge is 2.54. The molecule has 58 valence electrons. The first kappa shape index (κ1) is 6.62. The molecule has 0 unspecified atom stereocenters. The maximum atomic E-state index is 5.48. The van der Waals surface area contributed by atoms with Crippen LogP contribution in [0.15, 0.2) is 0 Å². The largest absolute Gasteiger partial charge is 0.377 e. The van der Waals surface area contributed by atoms with Gasteiger partial charge in [-0.25, -0.2) is 0 Å². The molecule has 1 heterocycles. The summed E-state index contributed by atoms with van der Waals surface area (Å²) in [5.74, 6) is 0. The molecule has 0 aromatic carbocycles. The van der Waals surface area contributed by atoms with E-state index in [-0.39, 0.29) is 5.60 Å². The SMILES string of the molecule is COC1([C@@H]2CCN2C)CC1. The predicted octanol–water partition coefficient (Wildman–Crippen LogP) is 0.869. The van der Waals surface area contributed by atoms with Gasteiger partial charge in [0, 0.05) is 13.2 Å². The third kappa shape index (κ3) is 0.722. The molecule has 0 aromatic heterocycles. The number of ether oxygens (including phenoxy) is 1. The summed E-state index contributed by atoms with van der Waals surface area (Å²) < 4.78 is 5.48. The third-order valence-electron chi connectivity index (χ3n) is 3.04. The van der Waals surface area contributed by atoms with Gasteiger partial charge in [0.1, 0.15) is 0 Å². The molecule has 1 aliphatic carbocycles. The van der Waals surface area contributed by atoms with Crippen LogP contribution in [0.4, 0.5) is 0 Å². The number of nitrogens with zero attached hydrogens (tertiary/aromatic N) is 1. The van der Waals surface area contributed by atoms with Crippen LogP contribution in [0, 0.1) is 0 Å². The lowest BCUT2D eigenvalue weighted by atomic mass is 9.96. The standard InChI is InChI=1S/C8H15NO/c1-9-6-3-7(9)8(10-2)4-5-8/h7H,3-6H2,1-2H3/t7-/m0/s1. The van der Waals surface area contributed by atoms with Gasteiger partial charge in [-0.2, -0.15) is 0 Å². The van der Waals surface area contributed by atoms with Gasteiger partial charge in [0.2, 0.25) is 0 Å². The van der Waals surface area contributed by atoms with Gasteiger partial charge in [-0.3, -0.25) is 0 Å². The van der Waals surface area contributed by atoms with Crippen molar-refractivity contribution in [3.05, 3.63) is 0 Å². The van der Waals surface area contributed by atoms with E-state index >= 15 is 0 Å². The van der Waals surface area contributed by atoms with Crippen LogP contribution in [0.3, 0.4) is 0 Å². The smallest absolute Gasteiger partial charge is 0.0835 e. The maximum absolute atomic E-state index is 5.48. The fourth-order valence-electron chi connectivity index (χ4n) is 1.98. The molecular weight excluding hydrogens is 126 g/mol. The summed E-state index contributed by atoms with van der Waals surface area (Å²) in [5.41, 5.74) is 0.285. The third-order valence-corrected chi connectivity index (χ3v) is 3.04. The van der Waals surface area contributed by atoms with Crippen molar-refractivity contribution in [1.82, 2.24) is 4.90 Å². The van der Waals surface area contributed by atoms with E-state index in [2.05, 4.69) is 11.9 Å². The van der Waals surface area contributed by atoms with Crippen LogP contribution in [-0.2, 0) is 4.74 Å². The second-order valence-corrected chi connectivity index (χ2v) is 3.55. The molecule has 2 rings (SSSR count). The van der Waals surface area contributed by atoms with Crippen molar-refractivity contribution in [2.75, 3.05) is 20.7 Å². The van der Waals surface area contributed by atoms with Gasteiger partial charge in [0.25, 0.3) is 0 Å². The number of hydrogen-bond acceptors (Lipinski definition) is 2. The molecule has 0 aromatic rings. The predicted molar refractivity (Wildman–Crippen MR) is 40.0 cm³/mol.